The molecular weight excluding hydrogens is 277 g/mol. The number of ether oxygens (including phenoxy) is 1. The Labute approximate surface area is 113 Å². The SMILES string of the molecule is Cc1cc(-c2ccc(Cl)cc2)ccc1OC(F)(F)F. The maximum absolute atomic E-state index is 12.2. The fourth-order valence-corrected chi connectivity index (χ4v) is 1.84. The van der Waals surface area contributed by atoms with Crippen LogP contribution in [0.1, 0.15) is 5.56 Å². The number of aryl methyl sites for hydroxylation is 1. The summed E-state index contributed by atoms with van der Waals surface area (Å²) in [6.45, 7) is 1.57. The lowest BCUT2D eigenvalue weighted by molar-refractivity contribution is -0.274. The standard InChI is InChI=1S/C14H10ClF3O/c1-9-8-11(10-2-5-12(15)6-3-10)4-7-13(9)19-14(16,17)18/h2-8H,1H3. The normalized spacial score (nSPS) is 11.4. The quantitative estimate of drug-likeness (QED) is 0.736. The summed E-state index contributed by atoms with van der Waals surface area (Å²) in [6.07, 6.45) is -4.67. The van der Waals surface area contributed by atoms with E-state index >= 15 is 0 Å². The predicted octanol–water partition coefficient (Wildman–Crippen LogP) is 5.21. The molecule has 0 fully saturated rings. The highest BCUT2D eigenvalue weighted by molar-refractivity contribution is 6.30. The molecule has 0 heterocycles. The Balaban J connectivity index is 2.31. The van der Waals surface area contributed by atoms with Gasteiger partial charge in [-0.1, -0.05) is 29.8 Å². The van der Waals surface area contributed by atoms with Gasteiger partial charge in [-0.15, -0.1) is 13.2 Å². The van der Waals surface area contributed by atoms with E-state index in [9.17, 15) is 13.2 Å². The second-order valence-corrected chi connectivity index (χ2v) is 4.47. The summed E-state index contributed by atoms with van der Waals surface area (Å²) in [6, 6.07) is 11.6. The van der Waals surface area contributed by atoms with Crippen LogP contribution in [0.4, 0.5) is 13.2 Å². The van der Waals surface area contributed by atoms with Gasteiger partial charge >= 0.3 is 6.36 Å². The second kappa shape index (κ2) is 5.13. The molecule has 0 aliphatic carbocycles. The molecule has 0 saturated heterocycles. The van der Waals surface area contributed by atoms with Gasteiger partial charge in [-0.2, -0.15) is 0 Å². The molecule has 0 unspecified atom stereocenters. The molecule has 0 bridgehead atoms. The zero-order valence-electron chi connectivity index (χ0n) is 9.96. The minimum Gasteiger partial charge on any atom is -0.406 e. The zero-order chi connectivity index (χ0) is 14.0. The van der Waals surface area contributed by atoms with E-state index in [1.54, 1.807) is 43.3 Å². The topological polar surface area (TPSA) is 9.23 Å². The zero-order valence-corrected chi connectivity index (χ0v) is 10.7. The van der Waals surface area contributed by atoms with Gasteiger partial charge in [-0.25, -0.2) is 0 Å². The van der Waals surface area contributed by atoms with Gasteiger partial charge in [0, 0.05) is 5.02 Å². The fraction of sp³-hybridized carbons (Fsp3) is 0.143. The molecule has 0 aromatic heterocycles. The first-order chi connectivity index (χ1) is 8.85. The second-order valence-electron chi connectivity index (χ2n) is 4.03. The van der Waals surface area contributed by atoms with Gasteiger partial charge < -0.3 is 4.74 Å². The van der Waals surface area contributed by atoms with Crippen LogP contribution in [0.3, 0.4) is 0 Å². The van der Waals surface area contributed by atoms with Gasteiger partial charge in [0.2, 0.25) is 0 Å². The molecule has 0 atom stereocenters. The molecule has 0 saturated carbocycles. The van der Waals surface area contributed by atoms with Crippen molar-refractivity contribution in [3.8, 4) is 16.9 Å². The van der Waals surface area contributed by atoms with Crippen LogP contribution in [0.15, 0.2) is 42.5 Å². The van der Waals surface area contributed by atoms with Crippen LogP contribution in [0.5, 0.6) is 5.75 Å². The van der Waals surface area contributed by atoms with E-state index in [0.717, 1.165) is 11.1 Å². The smallest absolute Gasteiger partial charge is 0.406 e. The van der Waals surface area contributed by atoms with Crippen LogP contribution < -0.4 is 4.74 Å². The minimum absolute atomic E-state index is 0.190. The van der Waals surface area contributed by atoms with Crippen molar-refractivity contribution in [3.63, 3.8) is 0 Å². The lowest BCUT2D eigenvalue weighted by Gasteiger charge is -2.12. The van der Waals surface area contributed by atoms with Gasteiger partial charge in [0.15, 0.2) is 0 Å². The van der Waals surface area contributed by atoms with Crippen LogP contribution in [-0.4, -0.2) is 6.36 Å². The van der Waals surface area contributed by atoms with Gasteiger partial charge in [0.1, 0.15) is 5.75 Å². The molecule has 0 aliphatic rings. The molecule has 19 heavy (non-hydrogen) atoms. The average Bonchev–Trinajstić information content (AvgIpc) is 2.31. The van der Waals surface area contributed by atoms with Gasteiger partial charge in [0.25, 0.3) is 0 Å². The Morgan fingerprint density at radius 2 is 1.53 bits per heavy atom. The summed E-state index contributed by atoms with van der Waals surface area (Å²) < 4.78 is 40.4. The van der Waals surface area contributed by atoms with Crippen molar-refractivity contribution in [1.82, 2.24) is 0 Å². The highest BCUT2D eigenvalue weighted by Crippen LogP contribution is 2.30. The monoisotopic (exact) mass is 286 g/mol. The van der Waals surface area contributed by atoms with Crippen LogP contribution in [0.25, 0.3) is 11.1 Å². The number of alkyl halides is 3. The highest BCUT2D eigenvalue weighted by Gasteiger charge is 2.31. The third-order valence-electron chi connectivity index (χ3n) is 2.58. The summed E-state index contributed by atoms with van der Waals surface area (Å²) in [7, 11) is 0. The van der Waals surface area contributed by atoms with E-state index in [-0.39, 0.29) is 5.75 Å². The largest absolute Gasteiger partial charge is 0.573 e. The first-order valence-corrected chi connectivity index (χ1v) is 5.85. The Bertz CT molecular complexity index is 576. The van der Waals surface area contributed by atoms with Crippen molar-refractivity contribution in [2.24, 2.45) is 0 Å². The lowest BCUT2D eigenvalue weighted by Crippen LogP contribution is -2.17. The van der Waals surface area contributed by atoms with Crippen LogP contribution in [0, 0.1) is 6.92 Å². The lowest BCUT2D eigenvalue weighted by atomic mass is 10.0. The van der Waals surface area contributed by atoms with Gasteiger partial charge in [-0.05, 0) is 47.9 Å². The van der Waals surface area contributed by atoms with E-state index in [1.165, 1.54) is 6.07 Å². The predicted molar refractivity (Wildman–Crippen MR) is 68.3 cm³/mol. The molecule has 2 aromatic carbocycles. The molecule has 2 rings (SSSR count). The summed E-state index contributed by atoms with van der Waals surface area (Å²) in [5, 5.41) is 0.609. The summed E-state index contributed by atoms with van der Waals surface area (Å²) >= 11 is 5.78. The Kier molecular flexibility index (Phi) is 3.71. The molecule has 1 nitrogen and oxygen atoms in total. The molecule has 0 radical (unpaired) electrons. The third kappa shape index (κ3) is 3.64. The van der Waals surface area contributed by atoms with Crippen molar-refractivity contribution in [2.75, 3.05) is 0 Å². The van der Waals surface area contributed by atoms with Crippen molar-refractivity contribution in [1.29, 1.82) is 0 Å². The van der Waals surface area contributed by atoms with E-state index in [0.29, 0.717) is 10.6 Å². The maximum Gasteiger partial charge on any atom is 0.573 e. The van der Waals surface area contributed by atoms with Crippen molar-refractivity contribution >= 4 is 11.6 Å². The van der Waals surface area contributed by atoms with Crippen molar-refractivity contribution in [2.45, 2.75) is 13.3 Å². The van der Waals surface area contributed by atoms with E-state index in [2.05, 4.69) is 4.74 Å². The highest BCUT2D eigenvalue weighted by atomic mass is 35.5. The Morgan fingerprint density at radius 3 is 2.05 bits per heavy atom. The molecule has 5 heteroatoms. The molecule has 100 valence electrons. The number of hydrogen-bond acceptors (Lipinski definition) is 1. The Morgan fingerprint density at radius 1 is 0.947 bits per heavy atom. The fourth-order valence-electron chi connectivity index (χ4n) is 1.71. The van der Waals surface area contributed by atoms with Crippen molar-refractivity contribution < 1.29 is 17.9 Å². The molecule has 0 aliphatic heterocycles. The van der Waals surface area contributed by atoms with Gasteiger partial charge in [0.05, 0.1) is 0 Å². The molecule has 0 amide bonds. The first-order valence-electron chi connectivity index (χ1n) is 5.47. The van der Waals surface area contributed by atoms with Crippen molar-refractivity contribution in [3.05, 3.63) is 53.1 Å². The molecule has 0 N–H and O–H groups in total. The first kappa shape index (κ1) is 13.7. The molecule has 0 spiro atoms. The number of hydrogen-bond donors (Lipinski definition) is 0. The number of rotatable bonds is 2. The van der Waals surface area contributed by atoms with Crippen LogP contribution >= 0.6 is 11.6 Å². The van der Waals surface area contributed by atoms with E-state index < -0.39 is 6.36 Å². The average molecular weight is 287 g/mol. The molecule has 2 aromatic rings. The third-order valence-corrected chi connectivity index (χ3v) is 2.83. The van der Waals surface area contributed by atoms with E-state index in [4.69, 9.17) is 11.6 Å². The minimum atomic E-state index is -4.67. The van der Waals surface area contributed by atoms with Crippen LogP contribution in [0.2, 0.25) is 5.02 Å². The number of benzene rings is 2. The molecular formula is C14H10ClF3O. The Hall–Kier alpha value is -1.68. The van der Waals surface area contributed by atoms with E-state index in [1.807, 2.05) is 0 Å². The maximum atomic E-state index is 12.2. The van der Waals surface area contributed by atoms with Gasteiger partial charge in [-0.3, -0.25) is 0 Å². The summed E-state index contributed by atoms with van der Waals surface area (Å²) in [5.74, 6) is -0.190. The summed E-state index contributed by atoms with van der Waals surface area (Å²) in [5.41, 5.74) is 2.11. The number of halogens is 4. The summed E-state index contributed by atoms with van der Waals surface area (Å²) in [4.78, 5) is 0. The van der Waals surface area contributed by atoms with Crippen LogP contribution in [-0.2, 0) is 0 Å².